The maximum Gasteiger partial charge on any atom is 0.326 e. The van der Waals surface area contributed by atoms with Gasteiger partial charge in [0.25, 0.3) is 5.91 Å². The molecule has 2 N–H and O–H groups in total. The molecule has 1 aliphatic heterocycles. The van der Waals surface area contributed by atoms with Gasteiger partial charge in [0.15, 0.2) is 11.5 Å². The van der Waals surface area contributed by atoms with Crippen molar-refractivity contribution in [1.82, 2.24) is 10.2 Å². The minimum atomic E-state index is -1.14. The fraction of sp³-hybridized carbons (Fsp3) is 0.471. The number of nitrogens with one attached hydrogen (secondary N) is 1. The highest BCUT2D eigenvalue weighted by atomic mass is 16.6. The molecule has 0 saturated carbocycles. The highest BCUT2D eigenvalue weighted by molar-refractivity contribution is 5.87. The molecule has 0 spiro atoms. The van der Waals surface area contributed by atoms with Gasteiger partial charge in [0.1, 0.15) is 12.1 Å². The Morgan fingerprint density at radius 3 is 2.40 bits per heavy atom. The fourth-order valence-corrected chi connectivity index (χ4v) is 2.53. The number of aliphatic carboxylic acids is 1. The summed E-state index contributed by atoms with van der Waals surface area (Å²) in [6, 6.07) is 5.91. The Labute approximate surface area is 145 Å². The summed E-state index contributed by atoms with van der Waals surface area (Å²) >= 11 is 0. The number of carbonyl (C=O) groups is 3. The van der Waals surface area contributed by atoms with E-state index in [0.29, 0.717) is 11.5 Å². The summed E-state index contributed by atoms with van der Waals surface area (Å²) in [5.74, 6) is -0.919. The van der Waals surface area contributed by atoms with Crippen LogP contribution in [0.15, 0.2) is 24.3 Å². The van der Waals surface area contributed by atoms with Crippen LogP contribution in [0.3, 0.4) is 0 Å². The van der Waals surface area contributed by atoms with Crippen LogP contribution in [-0.4, -0.2) is 59.1 Å². The van der Waals surface area contributed by atoms with Crippen LogP contribution in [-0.2, 0) is 14.4 Å². The first-order valence-corrected chi connectivity index (χ1v) is 8.01. The standard InChI is InChI=1S/C17H22N2O6/c1-10(17(22)23)19(9-8-18-12(3)20)16(21)15-11(2)24-13-6-4-5-7-14(13)25-15/h4-7,10-11,15H,8-9H2,1-3H3,(H,18,20)(H,22,23). The number of rotatable bonds is 6. The van der Waals surface area contributed by atoms with Crippen molar-refractivity contribution in [2.45, 2.75) is 39.0 Å². The number of amides is 2. The lowest BCUT2D eigenvalue weighted by atomic mass is 10.1. The Morgan fingerprint density at radius 1 is 1.24 bits per heavy atom. The number of carbonyl (C=O) groups excluding carboxylic acids is 2. The molecule has 0 saturated heterocycles. The normalized spacial score (nSPS) is 19.6. The molecule has 136 valence electrons. The Kier molecular flexibility index (Phi) is 5.84. The van der Waals surface area contributed by atoms with Crippen LogP contribution in [0.4, 0.5) is 0 Å². The number of para-hydroxylation sites is 2. The van der Waals surface area contributed by atoms with Crippen LogP contribution in [0.2, 0.25) is 0 Å². The fourth-order valence-electron chi connectivity index (χ4n) is 2.53. The second kappa shape index (κ2) is 7.87. The molecule has 0 bridgehead atoms. The van der Waals surface area contributed by atoms with Crippen molar-refractivity contribution in [3.63, 3.8) is 0 Å². The molecule has 1 heterocycles. The number of fused-ring (bicyclic) bond motifs is 1. The van der Waals surface area contributed by atoms with Gasteiger partial charge in [0, 0.05) is 20.0 Å². The van der Waals surface area contributed by atoms with Crippen LogP contribution in [0.1, 0.15) is 20.8 Å². The van der Waals surface area contributed by atoms with Gasteiger partial charge in [-0.25, -0.2) is 4.79 Å². The molecule has 0 radical (unpaired) electrons. The molecule has 0 aromatic heterocycles. The van der Waals surface area contributed by atoms with Gasteiger partial charge >= 0.3 is 5.97 Å². The zero-order valence-corrected chi connectivity index (χ0v) is 14.4. The number of hydrogen-bond acceptors (Lipinski definition) is 5. The molecule has 0 aliphatic carbocycles. The molecule has 0 fully saturated rings. The quantitative estimate of drug-likeness (QED) is 0.781. The first kappa shape index (κ1) is 18.6. The lowest BCUT2D eigenvalue weighted by Gasteiger charge is -2.35. The minimum absolute atomic E-state index is 0.0557. The first-order chi connectivity index (χ1) is 11.8. The van der Waals surface area contributed by atoms with Gasteiger partial charge in [0.05, 0.1) is 0 Å². The van der Waals surface area contributed by atoms with E-state index < -0.39 is 30.1 Å². The molecular weight excluding hydrogens is 328 g/mol. The van der Waals surface area contributed by atoms with Crippen molar-refractivity contribution in [2.75, 3.05) is 13.1 Å². The van der Waals surface area contributed by atoms with Crippen molar-refractivity contribution in [2.24, 2.45) is 0 Å². The maximum absolute atomic E-state index is 12.9. The molecular formula is C17H22N2O6. The highest BCUT2D eigenvalue weighted by Gasteiger charge is 2.39. The number of hydrogen-bond donors (Lipinski definition) is 2. The van der Waals surface area contributed by atoms with E-state index in [2.05, 4.69) is 5.32 Å². The first-order valence-electron chi connectivity index (χ1n) is 8.01. The van der Waals surface area contributed by atoms with Crippen molar-refractivity contribution in [3.8, 4) is 11.5 Å². The second-order valence-electron chi connectivity index (χ2n) is 5.84. The van der Waals surface area contributed by atoms with E-state index in [4.69, 9.17) is 9.47 Å². The van der Waals surface area contributed by atoms with Crippen LogP contribution in [0.5, 0.6) is 11.5 Å². The molecule has 1 aromatic carbocycles. The Morgan fingerprint density at radius 2 is 1.84 bits per heavy atom. The number of benzene rings is 1. The predicted molar refractivity (Wildman–Crippen MR) is 88.4 cm³/mol. The van der Waals surface area contributed by atoms with E-state index in [1.54, 1.807) is 31.2 Å². The van der Waals surface area contributed by atoms with Crippen LogP contribution in [0.25, 0.3) is 0 Å². The van der Waals surface area contributed by atoms with Crippen molar-refractivity contribution < 1.29 is 29.0 Å². The number of carboxylic acids is 1. The molecule has 3 atom stereocenters. The summed E-state index contributed by atoms with van der Waals surface area (Å²) in [6.07, 6.45) is -1.54. The third-order valence-corrected chi connectivity index (χ3v) is 3.92. The lowest BCUT2D eigenvalue weighted by molar-refractivity contribution is -0.155. The van der Waals surface area contributed by atoms with Gasteiger partial charge in [-0.3, -0.25) is 9.59 Å². The van der Waals surface area contributed by atoms with Crippen LogP contribution >= 0.6 is 0 Å². The average molecular weight is 350 g/mol. The zero-order valence-electron chi connectivity index (χ0n) is 14.4. The summed E-state index contributed by atoms with van der Waals surface area (Å²) in [5.41, 5.74) is 0. The van der Waals surface area contributed by atoms with Crippen LogP contribution in [0, 0.1) is 0 Å². The monoisotopic (exact) mass is 350 g/mol. The lowest BCUT2D eigenvalue weighted by Crippen LogP contribution is -2.56. The smallest absolute Gasteiger partial charge is 0.326 e. The molecule has 8 nitrogen and oxygen atoms in total. The number of nitrogens with zero attached hydrogens (tertiary/aromatic N) is 1. The molecule has 2 rings (SSSR count). The van der Waals surface area contributed by atoms with Gasteiger partial charge in [-0.15, -0.1) is 0 Å². The van der Waals surface area contributed by atoms with Crippen molar-refractivity contribution in [1.29, 1.82) is 0 Å². The Balaban J connectivity index is 2.17. The van der Waals surface area contributed by atoms with Crippen molar-refractivity contribution in [3.05, 3.63) is 24.3 Å². The van der Waals surface area contributed by atoms with E-state index >= 15 is 0 Å². The summed E-state index contributed by atoms with van der Waals surface area (Å²) in [5, 5.41) is 11.8. The van der Waals surface area contributed by atoms with Gasteiger partial charge < -0.3 is 24.8 Å². The second-order valence-corrected chi connectivity index (χ2v) is 5.84. The van der Waals surface area contributed by atoms with Gasteiger partial charge in [-0.05, 0) is 26.0 Å². The molecule has 3 unspecified atom stereocenters. The SMILES string of the molecule is CC(=O)NCCN(C(=O)C1Oc2ccccc2OC1C)C(C)C(=O)O. The average Bonchev–Trinajstić information content (AvgIpc) is 2.56. The topological polar surface area (TPSA) is 105 Å². The van der Waals surface area contributed by atoms with Crippen LogP contribution < -0.4 is 14.8 Å². The third kappa shape index (κ3) is 4.40. The molecule has 1 aliphatic rings. The summed E-state index contributed by atoms with van der Waals surface area (Å²) in [6.45, 7) is 4.66. The van der Waals surface area contributed by atoms with E-state index in [9.17, 15) is 19.5 Å². The summed E-state index contributed by atoms with van der Waals surface area (Å²) < 4.78 is 11.5. The van der Waals surface area contributed by atoms with Crippen molar-refractivity contribution >= 4 is 17.8 Å². The van der Waals surface area contributed by atoms with Gasteiger partial charge in [-0.1, -0.05) is 12.1 Å². The molecule has 8 heteroatoms. The third-order valence-electron chi connectivity index (χ3n) is 3.92. The molecule has 2 amide bonds. The Hall–Kier alpha value is -2.77. The van der Waals surface area contributed by atoms with E-state index in [0.717, 1.165) is 0 Å². The van der Waals surface area contributed by atoms with Gasteiger partial charge in [0.2, 0.25) is 12.0 Å². The number of ether oxygens (including phenoxy) is 2. The van der Waals surface area contributed by atoms with E-state index in [1.165, 1.54) is 18.7 Å². The van der Waals surface area contributed by atoms with Gasteiger partial charge in [-0.2, -0.15) is 0 Å². The van der Waals surface area contributed by atoms with E-state index in [1.807, 2.05) is 0 Å². The Bertz CT molecular complexity index is 662. The maximum atomic E-state index is 12.9. The highest BCUT2D eigenvalue weighted by Crippen LogP contribution is 2.34. The minimum Gasteiger partial charge on any atom is -0.482 e. The molecule has 25 heavy (non-hydrogen) atoms. The predicted octanol–water partition coefficient (Wildman–Crippen LogP) is 0.653. The summed E-state index contributed by atoms with van der Waals surface area (Å²) in [7, 11) is 0. The molecule has 1 aromatic rings. The zero-order chi connectivity index (χ0) is 18.6. The van der Waals surface area contributed by atoms with E-state index in [-0.39, 0.29) is 19.0 Å². The largest absolute Gasteiger partial charge is 0.482 e. The summed E-state index contributed by atoms with van der Waals surface area (Å²) in [4.78, 5) is 36.4. The number of carboxylic acid groups (broad SMARTS) is 1.